The summed E-state index contributed by atoms with van der Waals surface area (Å²) >= 11 is 0. The lowest BCUT2D eigenvalue weighted by Crippen LogP contribution is -2.21. The molecule has 0 bridgehead atoms. The van der Waals surface area contributed by atoms with Gasteiger partial charge in [-0.3, -0.25) is 0 Å². The van der Waals surface area contributed by atoms with Gasteiger partial charge in [-0.1, -0.05) is 13.0 Å². The highest BCUT2D eigenvalue weighted by Gasteiger charge is 2.36. The zero-order valence-electron chi connectivity index (χ0n) is 10.2. The Balaban J connectivity index is 3.16. The summed E-state index contributed by atoms with van der Waals surface area (Å²) < 4.78 is 79.8. The fourth-order valence-electron chi connectivity index (χ4n) is 1.40. The van der Waals surface area contributed by atoms with Crippen LogP contribution < -0.4 is 15.2 Å². The number of rotatable bonds is 4. The minimum atomic E-state index is -5.14. The topological polar surface area (TPSA) is 44.5 Å². The molecule has 3 nitrogen and oxygen atoms in total. The fourth-order valence-corrected chi connectivity index (χ4v) is 1.40. The number of alkyl halides is 6. The molecule has 0 aromatic heterocycles. The maximum atomic E-state index is 12.2. The quantitative estimate of drug-likeness (QED) is 0.858. The summed E-state index contributed by atoms with van der Waals surface area (Å²) in [4.78, 5) is 0. The summed E-state index contributed by atoms with van der Waals surface area (Å²) in [6, 6.07) is 2.05. The molecule has 20 heavy (non-hydrogen) atoms. The summed E-state index contributed by atoms with van der Waals surface area (Å²) in [7, 11) is 0. The zero-order valence-corrected chi connectivity index (χ0v) is 10.2. The molecule has 0 spiro atoms. The summed E-state index contributed by atoms with van der Waals surface area (Å²) in [6.07, 6.45) is -9.87. The molecule has 0 saturated heterocycles. The Morgan fingerprint density at radius 2 is 1.50 bits per heavy atom. The van der Waals surface area contributed by atoms with E-state index in [4.69, 9.17) is 5.73 Å². The Labute approximate surface area is 110 Å². The number of benzene rings is 1. The van der Waals surface area contributed by atoms with Gasteiger partial charge in [0.25, 0.3) is 0 Å². The molecule has 1 aromatic carbocycles. The van der Waals surface area contributed by atoms with Crippen LogP contribution in [0.1, 0.15) is 24.9 Å². The Bertz CT molecular complexity index is 457. The van der Waals surface area contributed by atoms with Gasteiger partial charge in [-0.25, -0.2) is 0 Å². The average molecular weight is 303 g/mol. The van der Waals surface area contributed by atoms with Gasteiger partial charge < -0.3 is 15.2 Å². The van der Waals surface area contributed by atoms with Crippen LogP contribution in [0.2, 0.25) is 0 Å². The van der Waals surface area contributed by atoms with Crippen LogP contribution in [0.3, 0.4) is 0 Å². The molecule has 1 rings (SSSR count). The number of halogens is 6. The van der Waals surface area contributed by atoms with E-state index >= 15 is 0 Å². The molecule has 0 aliphatic carbocycles. The van der Waals surface area contributed by atoms with Crippen molar-refractivity contribution in [1.82, 2.24) is 0 Å². The van der Waals surface area contributed by atoms with Crippen molar-refractivity contribution >= 4 is 0 Å². The highest BCUT2D eigenvalue weighted by atomic mass is 19.4. The molecule has 1 atom stereocenters. The van der Waals surface area contributed by atoms with Gasteiger partial charge in [-0.15, -0.1) is 26.3 Å². The normalized spacial score (nSPS) is 14.0. The Morgan fingerprint density at radius 1 is 1.00 bits per heavy atom. The third-order valence-electron chi connectivity index (χ3n) is 2.29. The van der Waals surface area contributed by atoms with Gasteiger partial charge in [0.1, 0.15) is 0 Å². The first-order valence-corrected chi connectivity index (χ1v) is 5.43. The predicted molar refractivity (Wildman–Crippen MR) is 57.0 cm³/mol. The lowest BCUT2D eigenvalue weighted by atomic mass is 10.1. The van der Waals surface area contributed by atoms with Crippen molar-refractivity contribution < 1.29 is 35.8 Å². The first-order chi connectivity index (χ1) is 9.02. The monoisotopic (exact) mass is 303 g/mol. The highest BCUT2D eigenvalue weighted by Crippen LogP contribution is 2.37. The van der Waals surface area contributed by atoms with Gasteiger partial charge in [0.2, 0.25) is 0 Å². The van der Waals surface area contributed by atoms with E-state index in [-0.39, 0.29) is 5.56 Å². The summed E-state index contributed by atoms with van der Waals surface area (Å²) in [5, 5.41) is 0. The van der Waals surface area contributed by atoms with E-state index in [1.54, 1.807) is 6.92 Å². The second kappa shape index (κ2) is 5.78. The molecule has 1 unspecified atom stereocenters. The van der Waals surface area contributed by atoms with Crippen molar-refractivity contribution in [1.29, 1.82) is 0 Å². The van der Waals surface area contributed by atoms with Crippen LogP contribution in [0.4, 0.5) is 26.3 Å². The molecule has 1 aromatic rings. The first kappa shape index (κ1) is 16.4. The van der Waals surface area contributed by atoms with Crippen LogP contribution in [0.5, 0.6) is 11.5 Å². The van der Waals surface area contributed by atoms with Crippen LogP contribution in [0.15, 0.2) is 18.2 Å². The number of nitrogens with two attached hydrogens (primary N) is 1. The second-order valence-electron chi connectivity index (χ2n) is 3.82. The van der Waals surface area contributed by atoms with E-state index in [0.29, 0.717) is 6.42 Å². The van der Waals surface area contributed by atoms with Crippen molar-refractivity contribution in [3.63, 3.8) is 0 Å². The maximum Gasteiger partial charge on any atom is 0.573 e. The molecular weight excluding hydrogens is 292 g/mol. The zero-order chi connectivity index (χ0) is 15.6. The molecule has 9 heteroatoms. The summed E-state index contributed by atoms with van der Waals surface area (Å²) in [6.45, 7) is 1.68. The van der Waals surface area contributed by atoms with E-state index in [9.17, 15) is 26.3 Å². The van der Waals surface area contributed by atoms with E-state index in [0.717, 1.165) is 18.2 Å². The molecule has 0 amide bonds. The summed E-state index contributed by atoms with van der Waals surface area (Å²) in [5.41, 5.74) is 5.81. The molecule has 0 aliphatic heterocycles. The third-order valence-corrected chi connectivity index (χ3v) is 2.29. The van der Waals surface area contributed by atoms with Gasteiger partial charge in [-0.2, -0.15) is 0 Å². The van der Waals surface area contributed by atoms with Crippen LogP contribution in [-0.4, -0.2) is 12.7 Å². The average Bonchev–Trinajstić information content (AvgIpc) is 2.26. The van der Waals surface area contributed by atoms with E-state index in [2.05, 4.69) is 9.47 Å². The van der Waals surface area contributed by atoms with Gasteiger partial charge in [-0.05, 0) is 24.1 Å². The minimum absolute atomic E-state index is 0.210. The maximum absolute atomic E-state index is 12.2. The number of ether oxygens (including phenoxy) is 2. The minimum Gasteiger partial charge on any atom is -0.402 e. The lowest BCUT2D eigenvalue weighted by molar-refractivity contribution is -0.287. The molecule has 0 radical (unpaired) electrons. The lowest BCUT2D eigenvalue weighted by Gasteiger charge is -2.17. The van der Waals surface area contributed by atoms with Gasteiger partial charge in [0.15, 0.2) is 11.5 Å². The van der Waals surface area contributed by atoms with Crippen molar-refractivity contribution in [2.75, 3.05) is 0 Å². The van der Waals surface area contributed by atoms with E-state index in [1.807, 2.05) is 0 Å². The highest BCUT2D eigenvalue weighted by molar-refractivity contribution is 5.44. The molecule has 0 aliphatic rings. The molecule has 0 fully saturated rings. The first-order valence-electron chi connectivity index (χ1n) is 5.43. The van der Waals surface area contributed by atoms with Gasteiger partial charge in [0, 0.05) is 6.04 Å². The molecule has 0 heterocycles. The Kier molecular flexibility index (Phi) is 4.74. The van der Waals surface area contributed by atoms with E-state index in [1.165, 1.54) is 0 Å². The summed E-state index contributed by atoms with van der Waals surface area (Å²) in [5.74, 6) is -2.17. The smallest absolute Gasteiger partial charge is 0.402 e. The Morgan fingerprint density at radius 3 is 1.95 bits per heavy atom. The number of hydrogen-bond donors (Lipinski definition) is 1. The SMILES string of the molecule is CCC(N)c1ccc(OC(F)(F)F)c(OC(F)(F)F)c1. The van der Waals surface area contributed by atoms with Gasteiger partial charge >= 0.3 is 12.7 Å². The Hall–Kier alpha value is -1.64. The second-order valence-corrected chi connectivity index (χ2v) is 3.82. The largest absolute Gasteiger partial charge is 0.573 e. The van der Waals surface area contributed by atoms with Crippen LogP contribution in [0.25, 0.3) is 0 Å². The molecule has 0 saturated carbocycles. The molecule has 114 valence electrons. The van der Waals surface area contributed by atoms with Crippen LogP contribution in [-0.2, 0) is 0 Å². The predicted octanol–water partition coefficient (Wildman–Crippen LogP) is 3.89. The van der Waals surface area contributed by atoms with Gasteiger partial charge in [0.05, 0.1) is 0 Å². The van der Waals surface area contributed by atoms with Crippen molar-refractivity contribution in [2.24, 2.45) is 5.73 Å². The fraction of sp³-hybridized carbons (Fsp3) is 0.455. The standard InChI is InChI=1S/C11H11F6NO2/c1-2-7(18)6-3-4-8(19-10(12,13)14)9(5-6)20-11(15,16)17/h3-5,7H,2,18H2,1H3. The van der Waals surface area contributed by atoms with Crippen molar-refractivity contribution in [3.05, 3.63) is 23.8 Å². The van der Waals surface area contributed by atoms with Crippen LogP contribution >= 0.6 is 0 Å². The van der Waals surface area contributed by atoms with Crippen LogP contribution in [0, 0.1) is 0 Å². The van der Waals surface area contributed by atoms with Crippen molar-refractivity contribution in [3.8, 4) is 11.5 Å². The number of hydrogen-bond acceptors (Lipinski definition) is 3. The molecule has 2 N–H and O–H groups in total. The van der Waals surface area contributed by atoms with Crippen molar-refractivity contribution in [2.45, 2.75) is 32.1 Å². The third kappa shape index (κ3) is 5.16. The van der Waals surface area contributed by atoms with E-state index < -0.39 is 30.3 Å². The molecular formula is C11H11F6NO2.